The Hall–Kier alpha value is -0.0100. The van der Waals surface area contributed by atoms with Crippen LogP contribution in [0, 0.1) is 5.41 Å². The van der Waals surface area contributed by atoms with Crippen LogP contribution in [0.25, 0.3) is 0 Å². The molecule has 0 aromatic rings. The van der Waals surface area contributed by atoms with Crippen molar-refractivity contribution in [1.82, 2.24) is 0 Å². The highest BCUT2D eigenvalue weighted by Crippen LogP contribution is 2.44. The minimum Gasteiger partial charge on any atom is -0.330 e. The molecule has 0 amide bonds. The standard InChI is InChI=1S/C9H16ClN/c1-8(6-10)5-9(7-11)3-2-4-9/h6H,2-5,7,11H2,1H3/b8-6+. The third kappa shape index (κ3) is 1.97. The van der Waals surface area contributed by atoms with Gasteiger partial charge in [-0.25, -0.2) is 0 Å². The molecule has 0 aliphatic heterocycles. The highest BCUT2D eigenvalue weighted by Gasteiger charge is 2.35. The van der Waals surface area contributed by atoms with Gasteiger partial charge >= 0.3 is 0 Å². The van der Waals surface area contributed by atoms with E-state index in [4.69, 9.17) is 17.3 Å². The van der Waals surface area contributed by atoms with Crippen LogP contribution in [0.5, 0.6) is 0 Å². The van der Waals surface area contributed by atoms with Crippen LogP contribution in [-0.2, 0) is 0 Å². The van der Waals surface area contributed by atoms with Crippen LogP contribution in [-0.4, -0.2) is 6.54 Å². The van der Waals surface area contributed by atoms with Crippen molar-refractivity contribution in [2.75, 3.05) is 6.54 Å². The first-order chi connectivity index (χ1) is 5.22. The van der Waals surface area contributed by atoms with Crippen molar-refractivity contribution >= 4 is 11.6 Å². The van der Waals surface area contributed by atoms with Gasteiger partial charge in [0.25, 0.3) is 0 Å². The Morgan fingerprint density at radius 2 is 2.27 bits per heavy atom. The molecular weight excluding hydrogens is 158 g/mol. The summed E-state index contributed by atoms with van der Waals surface area (Å²) in [7, 11) is 0. The van der Waals surface area contributed by atoms with Crippen LogP contribution in [0.3, 0.4) is 0 Å². The van der Waals surface area contributed by atoms with Gasteiger partial charge in [0.2, 0.25) is 0 Å². The van der Waals surface area contributed by atoms with Crippen molar-refractivity contribution in [3.8, 4) is 0 Å². The number of allylic oxidation sites excluding steroid dienone is 1. The Bertz CT molecular complexity index is 153. The van der Waals surface area contributed by atoms with Gasteiger partial charge in [-0.15, -0.1) is 0 Å². The zero-order chi connectivity index (χ0) is 8.32. The molecule has 0 atom stereocenters. The summed E-state index contributed by atoms with van der Waals surface area (Å²) in [4.78, 5) is 0. The van der Waals surface area contributed by atoms with Crippen LogP contribution in [0.2, 0.25) is 0 Å². The number of rotatable bonds is 3. The maximum Gasteiger partial charge on any atom is 0.00319 e. The van der Waals surface area contributed by atoms with Gasteiger partial charge in [-0.2, -0.15) is 0 Å². The molecule has 0 radical (unpaired) electrons. The summed E-state index contributed by atoms with van der Waals surface area (Å²) < 4.78 is 0. The van der Waals surface area contributed by atoms with E-state index in [1.54, 1.807) is 5.54 Å². The van der Waals surface area contributed by atoms with Crippen LogP contribution in [0.15, 0.2) is 11.1 Å². The fraction of sp³-hybridized carbons (Fsp3) is 0.778. The van der Waals surface area contributed by atoms with Crippen molar-refractivity contribution < 1.29 is 0 Å². The lowest BCUT2D eigenvalue weighted by Gasteiger charge is -2.41. The second-order valence-electron chi connectivity index (χ2n) is 3.69. The lowest BCUT2D eigenvalue weighted by Crippen LogP contribution is -2.37. The Morgan fingerprint density at radius 1 is 1.64 bits per heavy atom. The third-order valence-corrected chi connectivity index (χ3v) is 3.06. The van der Waals surface area contributed by atoms with E-state index >= 15 is 0 Å². The third-order valence-electron chi connectivity index (χ3n) is 2.69. The van der Waals surface area contributed by atoms with E-state index in [9.17, 15) is 0 Å². The summed E-state index contributed by atoms with van der Waals surface area (Å²) >= 11 is 5.59. The molecular formula is C9H16ClN. The molecule has 11 heavy (non-hydrogen) atoms. The molecule has 0 saturated heterocycles. The van der Waals surface area contributed by atoms with E-state index < -0.39 is 0 Å². The second kappa shape index (κ2) is 3.59. The minimum atomic E-state index is 0.412. The molecule has 0 heterocycles. The zero-order valence-electron chi connectivity index (χ0n) is 7.07. The number of hydrogen-bond donors (Lipinski definition) is 1. The van der Waals surface area contributed by atoms with Gasteiger partial charge < -0.3 is 5.73 Å². The van der Waals surface area contributed by atoms with E-state index in [2.05, 4.69) is 6.92 Å². The quantitative estimate of drug-likeness (QED) is 0.698. The Labute approximate surface area is 73.6 Å². The van der Waals surface area contributed by atoms with Crippen LogP contribution < -0.4 is 5.73 Å². The summed E-state index contributed by atoms with van der Waals surface area (Å²) in [6.45, 7) is 2.89. The molecule has 1 nitrogen and oxygen atoms in total. The van der Waals surface area contributed by atoms with Crippen LogP contribution in [0.1, 0.15) is 32.6 Å². The maximum absolute atomic E-state index is 5.70. The van der Waals surface area contributed by atoms with Gasteiger partial charge in [-0.1, -0.05) is 23.6 Å². The molecule has 64 valence electrons. The van der Waals surface area contributed by atoms with Gasteiger partial charge in [-0.3, -0.25) is 0 Å². The average molecular weight is 174 g/mol. The smallest absolute Gasteiger partial charge is 0.00319 e. The summed E-state index contributed by atoms with van der Waals surface area (Å²) in [6, 6.07) is 0. The lowest BCUT2D eigenvalue weighted by atomic mass is 9.65. The molecule has 0 unspecified atom stereocenters. The topological polar surface area (TPSA) is 26.0 Å². The molecule has 2 heteroatoms. The van der Waals surface area contributed by atoms with E-state index in [0.29, 0.717) is 5.41 Å². The van der Waals surface area contributed by atoms with E-state index in [1.807, 2.05) is 0 Å². The van der Waals surface area contributed by atoms with Gasteiger partial charge in [0.15, 0.2) is 0 Å². The van der Waals surface area contributed by atoms with E-state index in [0.717, 1.165) is 13.0 Å². The van der Waals surface area contributed by atoms with Crippen molar-refractivity contribution in [1.29, 1.82) is 0 Å². The first-order valence-electron chi connectivity index (χ1n) is 4.18. The van der Waals surface area contributed by atoms with Crippen molar-refractivity contribution in [2.45, 2.75) is 32.6 Å². The number of halogens is 1. The molecule has 2 N–H and O–H groups in total. The van der Waals surface area contributed by atoms with Gasteiger partial charge in [-0.05, 0) is 38.1 Å². The molecule has 1 rings (SSSR count). The molecule has 0 bridgehead atoms. The monoisotopic (exact) mass is 173 g/mol. The van der Waals surface area contributed by atoms with Crippen LogP contribution >= 0.6 is 11.6 Å². The van der Waals surface area contributed by atoms with Crippen molar-refractivity contribution in [2.24, 2.45) is 11.1 Å². The lowest BCUT2D eigenvalue weighted by molar-refractivity contribution is 0.145. The predicted molar refractivity (Wildman–Crippen MR) is 49.6 cm³/mol. The molecule has 0 aromatic carbocycles. The van der Waals surface area contributed by atoms with Crippen molar-refractivity contribution in [3.05, 3.63) is 11.1 Å². The van der Waals surface area contributed by atoms with Gasteiger partial charge in [0.1, 0.15) is 0 Å². The normalized spacial score (nSPS) is 23.0. The van der Waals surface area contributed by atoms with E-state index in [1.165, 1.54) is 24.8 Å². The first kappa shape index (κ1) is 9.08. The van der Waals surface area contributed by atoms with Gasteiger partial charge in [0, 0.05) is 5.54 Å². The molecule has 1 fully saturated rings. The average Bonchev–Trinajstić information content (AvgIpc) is 1.96. The largest absolute Gasteiger partial charge is 0.330 e. The maximum atomic E-state index is 5.70. The Morgan fingerprint density at radius 3 is 2.55 bits per heavy atom. The predicted octanol–water partition coefficient (Wildman–Crippen LogP) is 2.65. The molecule has 1 saturated carbocycles. The number of hydrogen-bond acceptors (Lipinski definition) is 1. The minimum absolute atomic E-state index is 0.412. The fourth-order valence-corrected chi connectivity index (χ4v) is 1.84. The highest BCUT2D eigenvalue weighted by molar-refractivity contribution is 6.25. The summed E-state index contributed by atoms with van der Waals surface area (Å²) in [6.07, 6.45) is 5.00. The Balaban J connectivity index is 2.44. The van der Waals surface area contributed by atoms with Crippen LogP contribution in [0.4, 0.5) is 0 Å². The van der Waals surface area contributed by atoms with Crippen molar-refractivity contribution in [3.63, 3.8) is 0 Å². The highest BCUT2D eigenvalue weighted by atomic mass is 35.5. The van der Waals surface area contributed by atoms with E-state index in [-0.39, 0.29) is 0 Å². The number of nitrogens with two attached hydrogens (primary N) is 1. The summed E-state index contributed by atoms with van der Waals surface area (Å²) in [5.74, 6) is 0. The summed E-state index contributed by atoms with van der Waals surface area (Å²) in [5.41, 5.74) is 9.05. The summed E-state index contributed by atoms with van der Waals surface area (Å²) in [5, 5.41) is 0. The van der Waals surface area contributed by atoms with Gasteiger partial charge in [0.05, 0.1) is 0 Å². The Kier molecular flexibility index (Phi) is 2.97. The first-order valence-corrected chi connectivity index (χ1v) is 4.62. The fourth-order valence-electron chi connectivity index (χ4n) is 1.76. The molecule has 0 aromatic heterocycles. The zero-order valence-corrected chi connectivity index (χ0v) is 7.82. The molecule has 0 spiro atoms. The SMILES string of the molecule is C/C(=C\Cl)CC1(CN)CCC1. The molecule has 1 aliphatic rings. The molecule has 1 aliphatic carbocycles. The second-order valence-corrected chi connectivity index (χ2v) is 3.91.